The molecule has 5 unspecified atom stereocenters. The zero-order valence-corrected chi connectivity index (χ0v) is 12.7. The van der Waals surface area contributed by atoms with Crippen LogP contribution in [-0.2, 0) is 9.53 Å². The summed E-state index contributed by atoms with van der Waals surface area (Å²) < 4.78 is 5.32. The number of carbonyl (C=O) groups excluding carboxylic acids is 1. The molecule has 1 aromatic carbocycles. The van der Waals surface area contributed by atoms with E-state index >= 15 is 0 Å². The van der Waals surface area contributed by atoms with Crippen LogP contribution in [-0.4, -0.2) is 19.1 Å². The zero-order chi connectivity index (χ0) is 15.0. The van der Waals surface area contributed by atoms with Gasteiger partial charge in [0, 0.05) is 18.8 Å². The summed E-state index contributed by atoms with van der Waals surface area (Å²) in [7, 11) is 1.68. The summed E-state index contributed by atoms with van der Waals surface area (Å²) in [6.07, 6.45) is 3.49. The zero-order valence-electron chi connectivity index (χ0n) is 12.7. The van der Waals surface area contributed by atoms with Crippen molar-refractivity contribution in [3.05, 3.63) is 29.8 Å². The van der Waals surface area contributed by atoms with Crippen molar-refractivity contribution < 1.29 is 9.53 Å². The second-order valence-corrected chi connectivity index (χ2v) is 6.43. The van der Waals surface area contributed by atoms with Crippen molar-refractivity contribution >= 4 is 11.6 Å². The molecule has 0 saturated heterocycles. The van der Waals surface area contributed by atoms with Crippen LogP contribution in [0.3, 0.4) is 0 Å². The van der Waals surface area contributed by atoms with E-state index in [0.29, 0.717) is 11.8 Å². The van der Waals surface area contributed by atoms with Crippen molar-refractivity contribution in [1.82, 2.24) is 0 Å². The van der Waals surface area contributed by atoms with Gasteiger partial charge in [0.2, 0.25) is 5.91 Å². The Morgan fingerprint density at radius 1 is 1.38 bits per heavy atom. The number of methoxy groups -OCH3 is 1. The minimum absolute atomic E-state index is 0.0200. The largest absolute Gasteiger partial charge is 0.377 e. The second-order valence-electron chi connectivity index (χ2n) is 6.43. The lowest BCUT2D eigenvalue weighted by atomic mass is 9.84. The van der Waals surface area contributed by atoms with Gasteiger partial charge < -0.3 is 15.8 Å². The molecule has 0 heterocycles. The Morgan fingerprint density at radius 3 is 2.81 bits per heavy atom. The average Bonchev–Trinajstić information content (AvgIpc) is 3.07. The highest BCUT2D eigenvalue weighted by Crippen LogP contribution is 2.47. The van der Waals surface area contributed by atoms with Crippen LogP contribution in [0.25, 0.3) is 0 Å². The fraction of sp³-hybridized carbons (Fsp3) is 0.588. The van der Waals surface area contributed by atoms with Crippen molar-refractivity contribution in [2.45, 2.75) is 38.3 Å². The van der Waals surface area contributed by atoms with Gasteiger partial charge in [-0.1, -0.05) is 12.1 Å². The predicted octanol–water partition coefficient (Wildman–Crippen LogP) is 2.71. The van der Waals surface area contributed by atoms with Crippen molar-refractivity contribution in [3.63, 3.8) is 0 Å². The van der Waals surface area contributed by atoms with Gasteiger partial charge in [-0.25, -0.2) is 0 Å². The molecular formula is C17H24N2O2. The number of nitrogens with one attached hydrogen (secondary N) is 1. The number of carbonyl (C=O) groups is 1. The smallest absolute Gasteiger partial charge is 0.229 e. The van der Waals surface area contributed by atoms with E-state index in [1.165, 1.54) is 6.42 Å². The standard InChI is InChI=1S/C17H24N2O2/c1-10(21-2)11-4-3-5-14(9-11)19-17(20)15-12-6-7-13(8-12)16(15)18/h3-5,9-10,12-13,15-16H,6-8,18H2,1-2H3,(H,19,20). The maximum Gasteiger partial charge on any atom is 0.229 e. The fourth-order valence-electron chi connectivity index (χ4n) is 3.96. The normalized spacial score (nSPS) is 32.1. The lowest BCUT2D eigenvalue weighted by Crippen LogP contribution is -2.42. The molecule has 0 spiro atoms. The van der Waals surface area contributed by atoms with Gasteiger partial charge in [-0.2, -0.15) is 0 Å². The van der Waals surface area contributed by atoms with E-state index in [0.717, 1.165) is 24.1 Å². The van der Waals surface area contributed by atoms with Gasteiger partial charge in [-0.15, -0.1) is 0 Å². The Balaban J connectivity index is 1.70. The van der Waals surface area contributed by atoms with Crippen molar-refractivity contribution in [1.29, 1.82) is 0 Å². The molecule has 0 radical (unpaired) electrons. The van der Waals surface area contributed by atoms with Gasteiger partial charge in [0.05, 0.1) is 12.0 Å². The third kappa shape index (κ3) is 2.70. The number of hydrogen-bond donors (Lipinski definition) is 2. The minimum Gasteiger partial charge on any atom is -0.377 e. The number of benzene rings is 1. The Labute approximate surface area is 126 Å². The third-order valence-electron chi connectivity index (χ3n) is 5.26. The molecule has 2 saturated carbocycles. The van der Waals surface area contributed by atoms with Crippen molar-refractivity contribution in [2.24, 2.45) is 23.5 Å². The molecule has 3 rings (SSSR count). The van der Waals surface area contributed by atoms with E-state index in [-0.39, 0.29) is 24.0 Å². The number of nitrogens with two attached hydrogens (primary N) is 1. The molecule has 0 aromatic heterocycles. The average molecular weight is 288 g/mol. The molecule has 1 aromatic rings. The summed E-state index contributed by atoms with van der Waals surface area (Å²) in [5, 5.41) is 3.04. The number of fused-ring (bicyclic) bond motifs is 2. The molecule has 0 aliphatic heterocycles. The van der Waals surface area contributed by atoms with Gasteiger partial charge >= 0.3 is 0 Å². The van der Waals surface area contributed by atoms with Gasteiger partial charge in [0.15, 0.2) is 0 Å². The fourth-order valence-corrected chi connectivity index (χ4v) is 3.96. The topological polar surface area (TPSA) is 64.3 Å². The van der Waals surface area contributed by atoms with Crippen LogP contribution < -0.4 is 11.1 Å². The molecule has 2 fully saturated rings. The molecule has 4 heteroatoms. The Morgan fingerprint density at radius 2 is 2.14 bits per heavy atom. The molecule has 1 amide bonds. The maximum absolute atomic E-state index is 12.5. The van der Waals surface area contributed by atoms with Crippen LogP contribution in [0.15, 0.2) is 24.3 Å². The Bertz CT molecular complexity index is 529. The van der Waals surface area contributed by atoms with Crippen LogP contribution in [0.2, 0.25) is 0 Å². The van der Waals surface area contributed by atoms with Crippen molar-refractivity contribution in [2.75, 3.05) is 12.4 Å². The maximum atomic E-state index is 12.5. The predicted molar refractivity (Wildman–Crippen MR) is 82.8 cm³/mol. The first-order valence-corrected chi connectivity index (χ1v) is 7.79. The van der Waals surface area contributed by atoms with Gasteiger partial charge in [-0.05, 0) is 55.7 Å². The first kappa shape index (κ1) is 14.5. The van der Waals surface area contributed by atoms with E-state index in [1.807, 2.05) is 31.2 Å². The van der Waals surface area contributed by atoms with Crippen LogP contribution in [0.5, 0.6) is 0 Å². The van der Waals surface area contributed by atoms with E-state index in [9.17, 15) is 4.79 Å². The first-order chi connectivity index (χ1) is 10.1. The van der Waals surface area contributed by atoms with Gasteiger partial charge in [-0.3, -0.25) is 4.79 Å². The molecule has 2 aliphatic carbocycles. The number of ether oxygens (including phenoxy) is 1. The van der Waals surface area contributed by atoms with E-state index in [1.54, 1.807) is 7.11 Å². The van der Waals surface area contributed by atoms with Crippen LogP contribution in [0, 0.1) is 17.8 Å². The molecule has 114 valence electrons. The molecule has 2 aliphatic rings. The van der Waals surface area contributed by atoms with Crippen LogP contribution >= 0.6 is 0 Å². The highest BCUT2D eigenvalue weighted by atomic mass is 16.5. The molecule has 5 atom stereocenters. The highest BCUT2D eigenvalue weighted by molar-refractivity contribution is 5.93. The second kappa shape index (κ2) is 5.78. The minimum atomic E-state index is -0.0211. The molecule has 4 nitrogen and oxygen atoms in total. The number of amides is 1. The molecule has 2 bridgehead atoms. The van der Waals surface area contributed by atoms with Crippen LogP contribution in [0.4, 0.5) is 5.69 Å². The monoisotopic (exact) mass is 288 g/mol. The Kier molecular flexibility index (Phi) is 4.00. The summed E-state index contributed by atoms with van der Waals surface area (Å²) in [4.78, 5) is 12.5. The van der Waals surface area contributed by atoms with E-state index < -0.39 is 0 Å². The molecule has 3 N–H and O–H groups in total. The summed E-state index contributed by atoms with van der Waals surface area (Å²) in [6.45, 7) is 1.99. The van der Waals surface area contributed by atoms with Crippen molar-refractivity contribution in [3.8, 4) is 0 Å². The lowest BCUT2D eigenvalue weighted by Gasteiger charge is -2.27. The number of anilines is 1. The van der Waals surface area contributed by atoms with Crippen LogP contribution in [0.1, 0.15) is 37.9 Å². The summed E-state index contributed by atoms with van der Waals surface area (Å²) >= 11 is 0. The molecule has 21 heavy (non-hydrogen) atoms. The Hall–Kier alpha value is -1.39. The quantitative estimate of drug-likeness (QED) is 0.895. The summed E-state index contributed by atoms with van der Waals surface area (Å²) in [5.74, 6) is 1.08. The number of rotatable bonds is 4. The van der Waals surface area contributed by atoms with E-state index in [2.05, 4.69) is 5.32 Å². The third-order valence-corrected chi connectivity index (χ3v) is 5.26. The lowest BCUT2D eigenvalue weighted by molar-refractivity contribution is -0.121. The van der Waals surface area contributed by atoms with Gasteiger partial charge in [0.1, 0.15) is 0 Å². The number of hydrogen-bond acceptors (Lipinski definition) is 3. The van der Waals surface area contributed by atoms with Gasteiger partial charge in [0.25, 0.3) is 0 Å². The van der Waals surface area contributed by atoms with E-state index in [4.69, 9.17) is 10.5 Å². The summed E-state index contributed by atoms with van der Waals surface area (Å²) in [5.41, 5.74) is 8.13. The highest BCUT2D eigenvalue weighted by Gasteiger charge is 2.49. The first-order valence-electron chi connectivity index (χ1n) is 7.79. The summed E-state index contributed by atoms with van der Waals surface area (Å²) in [6, 6.07) is 7.88. The SMILES string of the molecule is COC(C)c1cccc(NC(=O)C2C3CCC(C3)C2N)c1. The molecular weight excluding hydrogens is 264 g/mol.